The Kier molecular flexibility index (Phi) is 3.45. The standard InChI is InChI=1S/C13H19NOS/c1-13(15,11-3-2-8-16-9-11)10-4-6-12(14)7-5-10/h4-7,11,15H,2-3,8-9,14H2,1H3. The maximum Gasteiger partial charge on any atom is 0.0904 e. The highest BCUT2D eigenvalue weighted by molar-refractivity contribution is 7.99. The number of thioether (sulfide) groups is 1. The fraction of sp³-hybridized carbons (Fsp3) is 0.538. The average molecular weight is 237 g/mol. The number of hydrogen-bond donors (Lipinski definition) is 2. The van der Waals surface area contributed by atoms with E-state index in [1.807, 2.05) is 43.0 Å². The topological polar surface area (TPSA) is 46.2 Å². The second-order valence-electron chi connectivity index (χ2n) is 4.68. The van der Waals surface area contributed by atoms with Gasteiger partial charge in [-0.25, -0.2) is 0 Å². The molecule has 0 radical (unpaired) electrons. The Balaban J connectivity index is 2.19. The summed E-state index contributed by atoms with van der Waals surface area (Å²) in [6.07, 6.45) is 2.32. The van der Waals surface area contributed by atoms with Gasteiger partial charge in [0.2, 0.25) is 0 Å². The van der Waals surface area contributed by atoms with Gasteiger partial charge in [-0.3, -0.25) is 0 Å². The Morgan fingerprint density at radius 2 is 2.06 bits per heavy atom. The van der Waals surface area contributed by atoms with E-state index >= 15 is 0 Å². The molecule has 1 aliphatic heterocycles. The van der Waals surface area contributed by atoms with Gasteiger partial charge in [-0.05, 0) is 49.0 Å². The first-order chi connectivity index (χ1) is 7.60. The van der Waals surface area contributed by atoms with Gasteiger partial charge >= 0.3 is 0 Å². The van der Waals surface area contributed by atoms with E-state index in [1.165, 1.54) is 12.2 Å². The number of rotatable bonds is 2. The molecule has 2 nitrogen and oxygen atoms in total. The van der Waals surface area contributed by atoms with E-state index in [9.17, 15) is 5.11 Å². The van der Waals surface area contributed by atoms with Crippen molar-refractivity contribution in [1.82, 2.24) is 0 Å². The number of nitrogens with two attached hydrogens (primary N) is 1. The van der Waals surface area contributed by atoms with E-state index in [-0.39, 0.29) is 0 Å². The van der Waals surface area contributed by atoms with Gasteiger partial charge in [0.1, 0.15) is 0 Å². The van der Waals surface area contributed by atoms with Gasteiger partial charge in [-0.1, -0.05) is 12.1 Å². The first-order valence-electron chi connectivity index (χ1n) is 5.77. The van der Waals surface area contributed by atoms with E-state index in [1.54, 1.807) is 0 Å². The van der Waals surface area contributed by atoms with Crippen LogP contribution in [-0.4, -0.2) is 16.6 Å². The molecule has 1 fully saturated rings. The third kappa shape index (κ3) is 2.36. The van der Waals surface area contributed by atoms with Crippen LogP contribution in [0.2, 0.25) is 0 Å². The van der Waals surface area contributed by atoms with Crippen LogP contribution in [0.3, 0.4) is 0 Å². The summed E-state index contributed by atoms with van der Waals surface area (Å²) in [5.74, 6) is 2.64. The quantitative estimate of drug-likeness (QED) is 0.777. The Labute approximate surface area is 101 Å². The molecule has 1 aromatic rings. The maximum atomic E-state index is 10.6. The third-order valence-corrected chi connectivity index (χ3v) is 4.67. The van der Waals surface area contributed by atoms with Crippen LogP contribution in [-0.2, 0) is 5.60 Å². The number of anilines is 1. The van der Waals surface area contributed by atoms with Crippen molar-refractivity contribution in [1.29, 1.82) is 0 Å². The summed E-state index contributed by atoms with van der Waals surface area (Å²) in [5, 5.41) is 10.6. The van der Waals surface area contributed by atoms with Crippen molar-refractivity contribution >= 4 is 17.4 Å². The van der Waals surface area contributed by atoms with Crippen LogP contribution >= 0.6 is 11.8 Å². The molecule has 0 bridgehead atoms. The summed E-state index contributed by atoms with van der Waals surface area (Å²) in [5.41, 5.74) is 6.67. The smallest absolute Gasteiger partial charge is 0.0904 e. The lowest BCUT2D eigenvalue weighted by Gasteiger charge is -2.35. The first kappa shape index (κ1) is 11.8. The van der Waals surface area contributed by atoms with E-state index in [0.717, 1.165) is 23.4 Å². The molecular formula is C13H19NOS. The van der Waals surface area contributed by atoms with Gasteiger partial charge in [-0.15, -0.1) is 0 Å². The molecule has 2 atom stereocenters. The molecule has 2 rings (SSSR count). The van der Waals surface area contributed by atoms with Crippen molar-refractivity contribution < 1.29 is 5.11 Å². The van der Waals surface area contributed by atoms with Crippen molar-refractivity contribution in [2.24, 2.45) is 5.92 Å². The fourth-order valence-corrected chi connectivity index (χ4v) is 3.55. The Bertz CT molecular complexity index is 341. The molecule has 0 aliphatic carbocycles. The summed E-state index contributed by atoms with van der Waals surface area (Å²) in [6, 6.07) is 7.60. The minimum Gasteiger partial charge on any atom is -0.399 e. The molecule has 3 N–H and O–H groups in total. The van der Waals surface area contributed by atoms with Crippen LogP contribution in [0.1, 0.15) is 25.3 Å². The third-order valence-electron chi connectivity index (χ3n) is 3.45. The molecule has 1 heterocycles. The number of aliphatic hydroxyl groups is 1. The van der Waals surface area contributed by atoms with Crippen molar-refractivity contribution in [3.05, 3.63) is 29.8 Å². The number of hydrogen-bond acceptors (Lipinski definition) is 3. The summed E-state index contributed by atoms with van der Waals surface area (Å²) in [6.45, 7) is 1.93. The largest absolute Gasteiger partial charge is 0.399 e. The molecule has 0 spiro atoms. The Hall–Kier alpha value is -0.670. The highest BCUT2D eigenvalue weighted by Crippen LogP contribution is 2.37. The van der Waals surface area contributed by atoms with Crippen LogP contribution in [0, 0.1) is 5.92 Å². The zero-order valence-corrected chi connectivity index (χ0v) is 10.5. The highest BCUT2D eigenvalue weighted by atomic mass is 32.2. The fourth-order valence-electron chi connectivity index (χ4n) is 2.24. The van der Waals surface area contributed by atoms with Crippen LogP contribution in [0.5, 0.6) is 0 Å². The predicted octanol–water partition coefficient (Wildman–Crippen LogP) is 2.62. The lowest BCUT2D eigenvalue weighted by Crippen LogP contribution is -2.35. The molecule has 88 valence electrons. The van der Waals surface area contributed by atoms with Gasteiger partial charge in [0.25, 0.3) is 0 Å². The van der Waals surface area contributed by atoms with Crippen molar-refractivity contribution in [2.45, 2.75) is 25.4 Å². The summed E-state index contributed by atoms with van der Waals surface area (Å²) in [4.78, 5) is 0. The van der Waals surface area contributed by atoms with Crippen LogP contribution < -0.4 is 5.73 Å². The highest BCUT2D eigenvalue weighted by Gasteiger charge is 2.34. The van der Waals surface area contributed by atoms with Gasteiger partial charge < -0.3 is 10.8 Å². The maximum absolute atomic E-state index is 10.6. The monoisotopic (exact) mass is 237 g/mol. The molecule has 0 aromatic heterocycles. The van der Waals surface area contributed by atoms with Gasteiger partial charge in [0.05, 0.1) is 5.60 Å². The minimum atomic E-state index is -0.721. The Morgan fingerprint density at radius 3 is 2.62 bits per heavy atom. The molecule has 0 amide bonds. The van der Waals surface area contributed by atoms with Crippen molar-refractivity contribution in [2.75, 3.05) is 17.2 Å². The molecule has 1 saturated heterocycles. The molecule has 0 saturated carbocycles. The zero-order valence-electron chi connectivity index (χ0n) is 9.65. The number of benzene rings is 1. The lowest BCUT2D eigenvalue weighted by molar-refractivity contribution is -0.00104. The zero-order chi connectivity index (χ0) is 11.6. The first-order valence-corrected chi connectivity index (χ1v) is 6.92. The second kappa shape index (κ2) is 4.68. The van der Waals surface area contributed by atoms with E-state index in [2.05, 4.69) is 0 Å². The van der Waals surface area contributed by atoms with Crippen LogP contribution in [0.4, 0.5) is 5.69 Å². The van der Waals surface area contributed by atoms with Crippen LogP contribution in [0.15, 0.2) is 24.3 Å². The molecule has 2 unspecified atom stereocenters. The van der Waals surface area contributed by atoms with Gasteiger partial charge in [-0.2, -0.15) is 11.8 Å². The van der Waals surface area contributed by atoms with E-state index < -0.39 is 5.60 Å². The van der Waals surface area contributed by atoms with Gasteiger partial charge in [0.15, 0.2) is 0 Å². The molecular weight excluding hydrogens is 218 g/mol. The average Bonchev–Trinajstić information content (AvgIpc) is 2.31. The molecule has 1 aromatic carbocycles. The van der Waals surface area contributed by atoms with E-state index in [4.69, 9.17) is 5.73 Å². The summed E-state index contributed by atoms with van der Waals surface area (Å²) in [7, 11) is 0. The normalized spacial score (nSPS) is 25.0. The lowest BCUT2D eigenvalue weighted by atomic mass is 9.81. The number of nitrogen functional groups attached to an aromatic ring is 1. The second-order valence-corrected chi connectivity index (χ2v) is 5.83. The van der Waals surface area contributed by atoms with Crippen molar-refractivity contribution in [3.63, 3.8) is 0 Å². The van der Waals surface area contributed by atoms with Gasteiger partial charge in [0, 0.05) is 11.6 Å². The Morgan fingerprint density at radius 1 is 1.38 bits per heavy atom. The summed E-state index contributed by atoms with van der Waals surface area (Å²) >= 11 is 1.94. The molecule has 1 aliphatic rings. The predicted molar refractivity (Wildman–Crippen MR) is 70.5 cm³/mol. The molecule has 16 heavy (non-hydrogen) atoms. The van der Waals surface area contributed by atoms with E-state index in [0.29, 0.717) is 5.92 Å². The minimum absolute atomic E-state index is 0.356. The van der Waals surface area contributed by atoms with Crippen molar-refractivity contribution in [3.8, 4) is 0 Å². The molecule has 3 heteroatoms. The van der Waals surface area contributed by atoms with Crippen LogP contribution in [0.25, 0.3) is 0 Å². The SMILES string of the molecule is CC(O)(c1ccc(N)cc1)C1CCCSC1. The summed E-state index contributed by atoms with van der Waals surface area (Å²) < 4.78 is 0.